The van der Waals surface area contributed by atoms with E-state index in [1.165, 1.54) is 23.5 Å². The molecule has 0 aliphatic heterocycles. The molecule has 7 nitrogen and oxygen atoms in total. The summed E-state index contributed by atoms with van der Waals surface area (Å²) in [4.78, 5) is 33.4. The highest BCUT2D eigenvalue weighted by Crippen LogP contribution is 2.22. The molecule has 0 rings (SSSR count). The van der Waals surface area contributed by atoms with Gasteiger partial charge in [-0.1, -0.05) is 6.92 Å². The van der Waals surface area contributed by atoms with Gasteiger partial charge in [0, 0.05) is 42.0 Å². The number of rotatable bonds is 29. The van der Waals surface area contributed by atoms with Gasteiger partial charge in [0.1, 0.15) is 17.8 Å². The number of carbonyl (C=O) groups is 2. The van der Waals surface area contributed by atoms with Gasteiger partial charge < -0.3 is 14.6 Å². The third kappa shape index (κ3) is 32.5. The van der Waals surface area contributed by atoms with Crippen LogP contribution in [0.4, 0.5) is 0 Å². The Bertz CT molecular complexity index is 497. The topological polar surface area (TPSA) is 91.3 Å². The lowest BCUT2D eigenvalue weighted by Crippen LogP contribution is -2.07. The van der Waals surface area contributed by atoms with Gasteiger partial charge in [0.2, 0.25) is 0 Å². The second kappa shape index (κ2) is 33.5. The standard InChI is InChI=1S/C19H36O7S10/c1-2-27-6-4-25-26-11-32-15-36-17-35-14-31-10-24-19(22)8-30-13-34-16-33-12-29-7-18(21)23-9-28-5-3-20/h20H,2-17H2,1H3. The lowest BCUT2D eigenvalue weighted by molar-refractivity contribution is -0.274. The van der Waals surface area contributed by atoms with Crippen LogP contribution in [0.25, 0.3) is 0 Å². The highest BCUT2D eigenvalue weighted by Gasteiger charge is 2.05. The van der Waals surface area contributed by atoms with E-state index in [4.69, 9.17) is 24.4 Å². The van der Waals surface area contributed by atoms with Gasteiger partial charge in [-0.25, -0.2) is 9.78 Å². The third-order valence-electron chi connectivity index (χ3n) is 3.01. The Hall–Kier alpha value is 2.32. The molecule has 1 N–H and O–H groups in total. The Morgan fingerprint density at radius 3 is 1.64 bits per heavy atom. The molecular weight excluding hydrogens is 661 g/mol. The predicted molar refractivity (Wildman–Crippen MR) is 176 cm³/mol. The fourth-order valence-electron chi connectivity index (χ4n) is 1.59. The largest absolute Gasteiger partial charge is 0.454 e. The van der Waals surface area contributed by atoms with Crippen molar-refractivity contribution < 1.29 is 33.9 Å². The maximum atomic E-state index is 11.8. The molecule has 0 aromatic rings. The monoisotopic (exact) mass is 696 g/mol. The average Bonchev–Trinajstić information content (AvgIpc) is 2.88. The van der Waals surface area contributed by atoms with Crippen molar-refractivity contribution in [2.45, 2.75) is 6.92 Å². The Morgan fingerprint density at radius 1 is 0.583 bits per heavy atom. The van der Waals surface area contributed by atoms with Crippen LogP contribution in [0.2, 0.25) is 0 Å². The van der Waals surface area contributed by atoms with Gasteiger partial charge in [-0.2, -0.15) is 11.8 Å². The Kier molecular flexibility index (Phi) is 35.7. The number of aliphatic hydroxyl groups excluding tert-OH is 1. The summed E-state index contributed by atoms with van der Waals surface area (Å²) in [6, 6.07) is 0. The molecule has 0 radical (unpaired) electrons. The van der Waals surface area contributed by atoms with Crippen LogP contribution >= 0.6 is 118 Å². The fraction of sp³-hybridized carbons (Fsp3) is 0.895. The molecule has 214 valence electrons. The minimum Gasteiger partial charge on any atom is -0.454 e. The summed E-state index contributed by atoms with van der Waals surface area (Å²) in [6.45, 7) is 2.86. The number of carbonyl (C=O) groups excluding carboxylic acids is 2. The van der Waals surface area contributed by atoms with Crippen LogP contribution < -0.4 is 0 Å². The molecule has 0 heterocycles. The van der Waals surface area contributed by atoms with Crippen LogP contribution in [0.5, 0.6) is 0 Å². The summed E-state index contributed by atoms with van der Waals surface area (Å²) in [5.41, 5.74) is 0. The zero-order valence-electron chi connectivity index (χ0n) is 20.3. The SMILES string of the molecule is CCSCCOOCSCSCSCSCOC(=O)CSCSCSCSCC(=O)OCSCCO. The second-order valence-electron chi connectivity index (χ2n) is 5.78. The molecule has 0 saturated heterocycles. The van der Waals surface area contributed by atoms with E-state index in [2.05, 4.69) is 6.92 Å². The number of aliphatic hydroxyl groups is 1. The van der Waals surface area contributed by atoms with E-state index in [0.717, 1.165) is 42.0 Å². The zero-order chi connectivity index (χ0) is 26.4. The number of thioether (sulfide) groups is 10. The Labute approximate surface area is 258 Å². The van der Waals surface area contributed by atoms with E-state index in [-0.39, 0.29) is 18.5 Å². The average molecular weight is 697 g/mol. The van der Waals surface area contributed by atoms with Gasteiger partial charge in [-0.3, -0.25) is 9.59 Å². The van der Waals surface area contributed by atoms with Crippen LogP contribution in [0, 0.1) is 0 Å². The molecule has 17 heteroatoms. The highest BCUT2D eigenvalue weighted by molar-refractivity contribution is 8.26. The molecule has 0 aliphatic carbocycles. The van der Waals surface area contributed by atoms with Crippen molar-refractivity contribution in [3.63, 3.8) is 0 Å². The molecule has 0 atom stereocenters. The van der Waals surface area contributed by atoms with Crippen molar-refractivity contribution in [3.8, 4) is 0 Å². The van der Waals surface area contributed by atoms with Crippen molar-refractivity contribution in [2.75, 3.05) is 90.3 Å². The summed E-state index contributed by atoms with van der Waals surface area (Å²) < 4.78 is 10.3. The molecule has 0 aliphatic rings. The summed E-state index contributed by atoms with van der Waals surface area (Å²) in [5.74, 6) is 4.22. The molecular formula is C19H36O7S10. The lowest BCUT2D eigenvalue weighted by Gasteiger charge is -2.06. The number of hydrogen-bond acceptors (Lipinski definition) is 17. The van der Waals surface area contributed by atoms with Crippen molar-refractivity contribution in [2.24, 2.45) is 0 Å². The smallest absolute Gasteiger partial charge is 0.316 e. The van der Waals surface area contributed by atoms with Gasteiger partial charge in [0.25, 0.3) is 0 Å². The van der Waals surface area contributed by atoms with Gasteiger partial charge in [0.05, 0.1) is 24.7 Å². The van der Waals surface area contributed by atoms with E-state index in [1.54, 1.807) is 58.8 Å². The highest BCUT2D eigenvalue weighted by atomic mass is 32.3. The first-order valence-corrected chi connectivity index (χ1v) is 22.2. The van der Waals surface area contributed by atoms with Crippen LogP contribution in [-0.4, -0.2) is 107 Å². The molecule has 0 bridgehead atoms. The van der Waals surface area contributed by atoms with E-state index in [0.29, 0.717) is 41.7 Å². The third-order valence-corrected chi connectivity index (χ3v) is 14.1. The maximum Gasteiger partial charge on any atom is 0.316 e. The van der Waals surface area contributed by atoms with Crippen molar-refractivity contribution >= 4 is 130 Å². The summed E-state index contributed by atoms with van der Waals surface area (Å²) >= 11 is 16.8. The first kappa shape index (κ1) is 38.3. The van der Waals surface area contributed by atoms with Crippen molar-refractivity contribution in [1.29, 1.82) is 0 Å². The predicted octanol–water partition coefficient (Wildman–Crippen LogP) is 5.98. The molecule has 0 unspecified atom stereocenters. The van der Waals surface area contributed by atoms with E-state index in [1.807, 2.05) is 35.3 Å². The van der Waals surface area contributed by atoms with E-state index < -0.39 is 0 Å². The van der Waals surface area contributed by atoms with Crippen LogP contribution in [0.3, 0.4) is 0 Å². The van der Waals surface area contributed by atoms with Crippen molar-refractivity contribution in [1.82, 2.24) is 0 Å². The first-order chi connectivity index (χ1) is 17.7. The lowest BCUT2D eigenvalue weighted by atomic mass is 10.8. The van der Waals surface area contributed by atoms with Gasteiger partial charge in [-0.05, 0) is 5.75 Å². The van der Waals surface area contributed by atoms with Gasteiger partial charge >= 0.3 is 11.9 Å². The quantitative estimate of drug-likeness (QED) is 0.0326. The van der Waals surface area contributed by atoms with Crippen molar-refractivity contribution in [3.05, 3.63) is 0 Å². The van der Waals surface area contributed by atoms with E-state index in [9.17, 15) is 9.59 Å². The normalized spacial score (nSPS) is 11.1. The summed E-state index contributed by atoms with van der Waals surface area (Å²) in [5, 5.41) is 14.1. The molecule has 0 spiro atoms. The summed E-state index contributed by atoms with van der Waals surface area (Å²) in [6.07, 6.45) is 0. The molecule has 0 saturated carbocycles. The van der Waals surface area contributed by atoms with Gasteiger partial charge in [-0.15, -0.1) is 106 Å². The number of esters is 2. The fourth-order valence-corrected chi connectivity index (χ4v) is 11.0. The Morgan fingerprint density at radius 2 is 1.08 bits per heavy atom. The van der Waals surface area contributed by atoms with Crippen LogP contribution in [0.1, 0.15) is 6.92 Å². The van der Waals surface area contributed by atoms with Crippen LogP contribution in [-0.2, 0) is 28.8 Å². The van der Waals surface area contributed by atoms with Crippen LogP contribution in [0.15, 0.2) is 0 Å². The number of hydrogen-bond donors (Lipinski definition) is 1. The van der Waals surface area contributed by atoms with E-state index >= 15 is 0 Å². The first-order valence-electron chi connectivity index (χ1n) is 10.6. The maximum absolute atomic E-state index is 11.8. The molecule has 0 aromatic heterocycles. The second-order valence-corrected chi connectivity index (χ2v) is 18.2. The summed E-state index contributed by atoms with van der Waals surface area (Å²) in [7, 11) is 0. The Balaban J connectivity index is 3.21. The zero-order valence-corrected chi connectivity index (χ0v) is 28.5. The van der Waals surface area contributed by atoms with Gasteiger partial charge in [0.15, 0.2) is 0 Å². The minimum absolute atomic E-state index is 0.0930. The molecule has 0 aromatic carbocycles. The minimum atomic E-state index is -0.220. The molecule has 0 amide bonds. The number of ether oxygens (including phenoxy) is 2. The molecule has 0 fully saturated rings. The molecule has 36 heavy (non-hydrogen) atoms.